The van der Waals surface area contributed by atoms with Gasteiger partial charge in [0, 0.05) is 23.5 Å². The molecule has 0 spiro atoms. The number of ether oxygens (including phenoxy) is 2. The van der Waals surface area contributed by atoms with Crippen LogP contribution in [0.15, 0.2) is 52.0 Å². The number of thiophene rings is 1. The number of aromatic nitrogens is 4. The van der Waals surface area contributed by atoms with Crippen LogP contribution in [0.2, 0.25) is 0 Å². The second kappa shape index (κ2) is 10.3. The van der Waals surface area contributed by atoms with Gasteiger partial charge in [-0.15, -0.1) is 0 Å². The van der Waals surface area contributed by atoms with Crippen LogP contribution in [0.5, 0.6) is 0 Å². The van der Waals surface area contributed by atoms with E-state index in [0.717, 1.165) is 4.57 Å². The van der Waals surface area contributed by atoms with Gasteiger partial charge >= 0.3 is 5.69 Å². The molecule has 3 aromatic rings. The Hall–Kier alpha value is -3.44. The summed E-state index contributed by atoms with van der Waals surface area (Å²) in [6.45, 7) is 14.2. The van der Waals surface area contributed by atoms with Gasteiger partial charge in [-0.25, -0.2) is 14.0 Å². The fraction of sp³-hybridized carbons (Fsp3) is 0.440. The summed E-state index contributed by atoms with van der Waals surface area (Å²) in [5, 5.41) is 5.29. The van der Waals surface area contributed by atoms with E-state index in [4.69, 9.17) is 15.2 Å². The third kappa shape index (κ3) is 4.68. The van der Waals surface area contributed by atoms with Gasteiger partial charge in [0.25, 0.3) is 5.56 Å². The molecule has 3 rings (SSSR count). The first-order valence-electron chi connectivity index (χ1n) is 11.5. The quantitative estimate of drug-likeness (QED) is 0.327. The summed E-state index contributed by atoms with van der Waals surface area (Å²) in [6.07, 6.45) is 4.22. The van der Waals surface area contributed by atoms with Gasteiger partial charge in [0.05, 0.1) is 30.9 Å². The predicted molar refractivity (Wildman–Crippen MR) is 141 cm³/mol. The van der Waals surface area contributed by atoms with Crippen LogP contribution in [0.25, 0.3) is 15.2 Å². The largest absolute Gasteiger partial charge is 0.501 e. The van der Waals surface area contributed by atoms with Crippen LogP contribution in [0, 0.1) is 6.92 Å². The van der Waals surface area contributed by atoms with Crippen molar-refractivity contribution in [1.29, 1.82) is 0 Å². The SMILES string of the molecule is C=C/C(=C(\C)OC)[C@H](Cn1c(=O)n(C(C)(C)C(N)=O)c(=O)c2c(C)c(-n3cccn3)sc21)OC(C)C. The van der Waals surface area contributed by atoms with Gasteiger partial charge in [-0.1, -0.05) is 24.0 Å². The van der Waals surface area contributed by atoms with Crippen molar-refractivity contribution in [3.8, 4) is 5.00 Å². The van der Waals surface area contributed by atoms with Crippen LogP contribution in [0.4, 0.5) is 0 Å². The summed E-state index contributed by atoms with van der Waals surface area (Å²) in [4.78, 5) is 40.4. The first-order valence-corrected chi connectivity index (χ1v) is 12.3. The third-order valence-electron chi connectivity index (χ3n) is 6.13. The standard InChI is InChI=1S/C25H33N5O5S/c1-9-17(16(5)34-8)18(35-14(2)3)13-28-22-19(15(4)21(36-22)29-12-10-11-27-29)20(31)30(24(28)33)25(6,7)23(26)32/h9-12,14,18H,1,13H2,2-8H3,(H2,26,32)/b17-16-/t18-/m0/s1. The number of rotatable bonds is 10. The molecular weight excluding hydrogens is 482 g/mol. The highest BCUT2D eigenvalue weighted by atomic mass is 32.1. The normalized spacial score (nSPS) is 13.7. The second-order valence-corrected chi connectivity index (χ2v) is 10.2. The maximum atomic E-state index is 13.9. The van der Waals surface area contributed by atoms with Crippen LogP contribution in [-0.2, 0) is 26.4 Å². The Kier molecular flexibility index (Phi) is 7.75. The van der Waals surface area contributed by atoms with Crippen molar-refractivity contribution in [2.24, 2.45) is 5.73 Å². The molecule has 10 nitrogen and oxygen atoms in total. The summed E-state index contributed by atoms with van der Waals surface area (Å²) < 4.78 is 15.7. The van der Waals surface area contributed by atoms with Gasteiger partial charge in [-0.05, 0) is 47.6 Å². The molecule has 0 bridgehead atoms. The lowest BCUT2D eigenvalue weighted by Crippen LogP contribution is -2.55. The van der Waals surface area contributed by atoms with E-state index in [-0.39, 0.29) is 12.6 Å². The summed E-state index contributed by atoms with van der Waals surface area (Å²) in [5.41, 5.74) is 4.11. The Labute approximate surface area is 213 Å². The summed E-state index contributed by atoms with van der Waals surface area (Å²) in [7, 11) is 1.55. The molecule has 0 aromatic carbocycles. The molecule has 1 amide bonds. The predicted octanol–water partition coefficient (Wildman–Crippen LogP) is 2.84. The topological polar surface area (TPSA) is 123 Å². The number of nitrogens with two attached hydrogens (primary N) is 1. The Morgan fingerprint density at radius 1 is 1.33 bits per heavy atom. The average Bonchev–Trinajstić information content (AvgIpc) is 3.44. The molecule has 2 N–H and O–H groups in total. The van der Waals surface area contributed by atoms with Crippen molar-refractivity contribution in [2.45, 2.75) is 65.8 Å². The Morgan fingerprint density at radius 2 is 2.00 bits per heavy atom. The first-order chi connectivity index (χ1) is 16.9. The van der Waals surface area contributed by atoms with E-state index in [1.54, 1.807) is 50.2 Å². The molecule has 194 valence electrons. The minimum atomic E-state index is -1.57. The maximum absolute atomic E-state index is 13.9. The number of carbonyl (C=O) groups is 1. The van der Waals surface area contributed by atoms with Crippen molar-refractivity contribution >= 4 is 27.5 Å². The Morgan fingerprint density at radius 3 is 2.50 bits per heavy atom. The highest BCUT2D eigenvalue weighted by Gasteiger charge is 2.34. The number of methoxy groups -OCH3 is 1. The molecule has 0 saturated carbocycles. The lowest BCUT2D eigenvalue weighted by atomic mass is 10.0. The van der Waals surface area contributed by atoms with E-state index in [0.29, 0.717) is 32.1 Å². The molecule has 0 saturated heterocycles. The molecule has 0 aliphatic heterocycles. The number of fused-ring (bicyclic) bond motifs is 1. The van der Waals surface area contributed by atoms with Gasteiger partial charge in [-0.2, -0.15) is 5.10 Å². The van der Waals surface area contributed by atoms with E-state index >= 15 is 0 Å². The monoisotopic (exact) mass is 515 g/mol. The van der Waals surface area contributed by atoms with E-state index in [1.807, 2.05) is 13.8 Å². The van der Waals surface area contributed by atoms with Gasteiger partial charge in [0.2, 0.25) is 5.91 Å². The van der Waals surface area contributed by atoms with E-state index in [2.05, 4.69) is 11.7 Å². The third-order valence-corrected chi connectivity index (χ3v) is 7.43. The molecule has 36 heavy (non-hydrogen) atoms. The fourth-order valence-electron chi connectivity index (χ4n) is 4.04. The highest BCUT2D eigenvalue weighted by molar-refractivity contribution is 7.21. The van der Waals surface area contributed by atoms with E-state index in [1.165, 1.54) is 29.8 Å². The summed E-state index contributed by atoms with van der Waals surface area (Å²) >= 11 is 1.26. The smallest absolute Gasteiger partial charge is 0.333 e. The lowest BCUT2D eigenvalue weighted by molar-refractivity contribution is -0.125. The fourth-order valence-corrected chi connectivity index (χ4v) is 5.28. The van der Waals surface area contributed by atoms with Crippen molar-refractivity contribution in [2.75, 3.05) is 7.11 Å². The highest BCUT2D eigenvalue weighted by Crippen LogP contribution is 2.32. The Balaban J connectivity index is 2.44. The number of primary amides is 1. The zero-order valence-corrected chi connectivity index (χ0v) is 22.5. The molecule has 3 heterocycles. The number of hydrogen-bond donors (Lipinski definition) is 1. The number of aryl methyl sites for hydroxylation is 1. The number of amides is 1. The van der Waals surface area contributed by atoms with Crippen molar-refractivity contribution in [3.05, 3.63) is 68.8 Å². The maximum Gasteiger partial charge on any atom is 0.333 e. The number of carbonyl (C=O) groups excluding carboxylic acids is 1. The summed E-state index contributed by atoms with van der Waals surface area (Å²) in [5.74, 6) is -0.213. The average molecular weight is 516 g/mol. The molecule has 0 aliphatic carbocycles. The zero-order valence-electron chi connectivity index (χ0n) is 21.7. The van der Waals surface area contributed by atoms with Crippen LogP contribution in [-0.4, -0.2) is 44.1 Å². The molecular formula is C25H33N5O5S. The minimum absolute atomic E-state index is 0.0448. The molecule has 0 radical (unpaired) electrons. The van der Waals surface area contributed by atoms with Crippen LogP contribution in [0.3, 0.4) is 0 Å². The zero-order chi connectivity index (χ0) is 26.9. The van der Waals surface area contributed by atoms with Gasteiger partial charge in [0.1, 0.15) is 21.5 Å². The molecule has 3 aromatic heterocycles. The van der Waals surface area contributed by atoms with Crippen LogP contribution >= 0.6 is 11.3 Å². The van der Waals surface area contributed by atoms with Crippen molar-refractivity contribution < 1.29 is 14.3 Å². The molecule has 11 heteroatoms. The number of hydrogen-bond acceptors (Lipinski definition) is 7. The first kappa shape index (κ1) is 27.2. The van der Waals surface area contributed by atoms with Gasteiger partial charge in [-0.3, -0.25) is 14.2 Å². The number of allylic oxidation sites excluding steroid dienone is 1. The minimum Gasteiger partial charge on any atom is -0.501 e. The van der Waals surface area contributed by atoms with Crippen LogP contribution in [0.1, 0.15) is 40.2 Å². The molecule has 1 atom stereocenters. The van der Waals surface area contributed by atoms with E-state index in [9.17, 15) is 14.4 Å². The molecule has 0 fully saturated rings. The van der Waals surface area contributed by atoms with E-state index < -0.39 is 28.8 Å². The lowest BCUT2D eigenvalue weighted by Gasteiger charge is -2.27. The van der Waals surface area contributed by atoms with Crippen molar-refractivity contribution in [1.82, 2.24) is 18.9 Å². The van der Waals surface area contributed by atoms with Gasteiger partial charge in [0.15, 0.2) is 0 Å². The van der Waals surface area contributed by atoms with Crippen LogP contribution < -0.4 is 17.0 Å². The Bertz CT molecular complexity index is 1440. The summed E-state index contributed by atoms with van der Waals surface area (Å²) in [6, 6.07) is 1.77. The number of nitrogens with zero attached hydrogens (tertiary/aromatic N) is 4. The molecule has 0 unspecified atom stereocenters. The second-order valence-electron chi connectivity index (χ2n) is 9.21. The molecule has 0 aliphatic rings. The van der Waals surface area contributed by atoms with Gasteiger partial charge < -0.3 is 15.2 Å². The van der Waals surface area contributed by atoms with Crippen molar-refractivity contribution in [3.63, 3.8) is 0 Å².